The van der Waals surface area contributed by atoms with Crippen LogP contribution in [0.25, 0.3) is 0 Å². The van der Waals surface area contributed by atoms with E-state index in [2.05, 4.69) is 5.32 Å². The van der Waals surface area contributed by atoms with Gasteiger partial charge in [-0.1, -0.05) is 25.0 Å². The topological polar surface area (TPSA) is 32.3 Å². The summed E-state index contributed by atoms with van der Waals surface area (Å²) in [5.74, 6) is 0.855. The zero-order chi connectivity index (χ0) is 13.9. The molecule has 0 aliphatic heterocycles. The molecule has 2 fully saturated rings. The first kappa shape index (κ1) is 14.0. The Hall–Kier alpha value is -0.930. The fourth-order valence-corrected chi connectivity index (χ4v) is 3.71. The van der Waals surface area contributed by atoms with Crippen molar-refractivity contribution >= 4 is 0 Å². The molecule has 2 aliphatic rings. The molecule has 2 nitrogen and oxygen atoms in total. The average molecular weight is 277 g/mol. The van der Waals surface area contributed by atoms with Gasteiger partial charge in [0.2, 0.25) is 0 Å². The third-order valence-electron chi connectivity index (χ3n) is 5.07. The minimum atomic E-state index is -0.157. The summed E-state index contributed by atoms with van der Waals surface area (Å²) in [7, 11) is 0. The highest BCUT2D eigenvalue weighted by molar-refractivity contribution is 5.23. The lowest BCUT2D eigenvalue weighted by atomic mass is 9.74. The van der Waals surface area contributed by atoms with Gasteiger partial charge in [0.25, 0.3) is 0 Å². The number of rotatable bonds is 4. The van der Waals surface area contributed by atoms with Crippen molar-refractivity contribution in [3.8, 4) is 0 Å². The van der Waals surface area contributed by atoms with E-state index in [1.165, 1.54) is 24.8 Å². The van der Waals surface area contributed by atoms with Crippen LogP contribution in [0.3, 0.4) is 0 Å². The first-order chi connectivity index (χ1) is 9.76. The molecule has 0 saturated heterocycles. The van der Waals surface area contributed by atoms with Gasteiger partial charge in [-0.2, -0.15) is 0 Å². The number of halogens is 1. The summed E-state index contributed by atoms with van der Waals surface area (Å²) in [6, 6.07) is 7.99. The Morgan fingerprint density at radius 1 is 1.10 bits per heavy atom. The van der Waals surface area contributed by atoms with Gasteiger partial charge in [0.1, 0.15) is 5.82 Å². The lowest BCUT2D eigenvalue weighted by Crippen LogP contribution is -2.50. The number of hydrogen-bond donors (Lipinski definition) is 2. The molecule has 0 spiro atoms. The molecule has 0 bridgehead atoms. The molecular formula is C17H24FNO. The molecule has 110 valence electrons. The van der Waals surface area contributed by atoms with E-state index in [4.69, 9.17) is 0 Å². The van der Waals surface area contributed by atoms with Crippen molar-refractivity contribution in [2.75, 3.05) is 6.61 Å². The Kier molecular flexibility index (Phi) is 4.37. The van der Waals surface area contributed by atoms with Crippen molar-refractivity contribution < 1.29 is 9.50 Å². The highest BCUT2D eigenvalue weighted by Gasteiger charge is 2.34. The third-order valence-corrected chi connectivity index (χ3v) is 5.07. The van der Waals surface area contributed by atoms with Crippen LogP contribution in [0.15, 0.2) is 24.3 Å². The van der Waals surface area contributed by atoms with Gasteiger partial charge >= 0.3 is 0 Å². The minimum Gasteiger partial charge on any atom is -0.396 e. The van der Waals surface area contributed by atoms with Crippen molar-refractivity contribution in [1.82, 2.24) is 5.32 Å². The second-order valence-corrected chi connectivity index (χ2v) is 6.42. The third kappa shape index (κ3) is 3.04. The molecular weight excluding hydrogens is 253 g/mol. The molecule has 20 heavy (non-hydrogen) atoms. The van der Waals surface area contributed by atoms with E-state index in [0.717, 1.165) is 19.3 Å². The number of hydrogen-bond acceptors (Lipinski definition) is 2. The van der Waals surface area contributed by atoms with Gasteiger partial charge in [-0.25, -0.2) is 4.39 Å². The van der Waals surface area contributed by atoms with Gasteiger partial charge < -0.3 is 10.4 Å². The highest BCUT2D eigenvalue weighted by atomic mass is 19.1. The second kappa shape index (κ2) is 6.23. The van der Waals surface area contributed by atoms with Crippen LogP contribution in [-0.2, 0) is 0 Å². The fraction of sp³-hybridized carbons (Fsp3) is 0.647. The van der Waals surface area contributed by atoms with Crippen LogP contribution < -0.4 is 5.32 Å². The molecule has 0 radical (unpaired) electrons. The molecule has 2 N–H and O–H groups in total. The molecule has 3 heteroatoms. The molecule has 2 saturated carbocycles. The predicted octanol–water partition coefficient (Wildman–Crippen LogP) is 3.21. The molecule has 0 amide bonds. The molecule has 1 aromatic rings. The van der Waals surface area contributed by atoms with Crippen molar-refractivity contribution in [3.05, 3.63) is 35.6 Å². The average Bonchev–Trinajstić information content (AvgIpc) is 2.44. The molecule has 1 aromatic carbocycles. The maximum absolute atomic E-state index is 12.9. The van der Waals surface area contributed by atoms with Gasteiger partial charge in [0, 0.05) is 18.7 Å². The summed E-state index contributed by atoms with van der Waals surface area (Å²) in [5.41, 5.74) is 1.26. The monoisotopic (exact) mass is 277 g/mol. The Balaban J connectivity index is 1.49. The Bertz CT molecular complexity index is 427. The standard InChI is InChI=1S/C17H24FNO/c18-15-7-5-12(6-8-15)14-9-16(10-14)19-17-4-2-1-3-13(17)11-20/h5-8,13-14,16-17,19-20H,1-4,9-11H2. The maximum Gasteiger partial charge on any atom is 0.123 e. The molecule has 2 unspecified atom stereocenters. The van der Waals surface area contributed by atoms with Gasteiger partial charge in [-0.05, 0) is 55.2 Å². The summed E-state index contributed by atoms with van der Waals surface area (Å²) in [6.45, 7) is 0.311. The van der Waals surface area contributed by atoms with Crippen LogP contribution in [0, 0.1) is 11.7 Å². The number of benzene rings is 1. The first-order valence-electron chi connectivity index (χ1n) is 7.88. The minimum absolute atomic E-state index is 0.157. The lowest BCUT2D eigenvalue weighted by molar-refractivity contribution is 0.130. The molecule has 2 atom stereocenters. The van der Waals surface area contributed by atoms with Crippen LogP contribution in [0.1, 0.15) is 50.0 Å². The number of nitrogens with one attached hydrogen (secondary N) is 1. The van der Waals surface area contributed by atoms with Crippen LogP contribution in [0.2, 0.25) is 0 Å². The predicted molar refractivity (Wildman–Crippen MR) is 78.1 cm³/mol. The Morgan fingerprint density at radius 3 is 2.50 bits per heavy atom. The zero-order valence-corrected chi connectivity index (χ0v) is 11.9. The summed E-state index contributed by atoms with van der Waals surface area (Å²) >= 11 is 0. The number of aliphatic hydroxyl groups is 1. The normalized spacial score (nSPS) is 33.7. The van der Waals surface area contributed by atoms with E-state index < -0.39 is 0 Å². The van der Waals surface area contributed by atoms with Crippen molar-refractivity contribution in [2.24, 2.45) is 5.92 Å². The lowest BCUT2D eigenvalue weighted by Gasteiger charge is -2.41. The van der Waals surface area contributed by atoms with Crippen LogP contribution in [0.4, 0.5) is 4.39 Å². The van der Waals surface area contributed by atoms with Crippen LogP contribution >= 0.6 is 0 Å². The van der Waals surface area contributed by atoms with E-state index >= 15 is 0 Å². The van der Waals surface area contributed by atoms with Gasteiger partial charge in [0.05, 0.1) is 0 Å². The van der Waals surface area contributed by atoms with E-state index in [-0.39, 0.29) is 5.82 Å². The smallest absolute Gasteiger partial charge is 0.123 e. The quantitative estimate of drug-likeness (QED) is 0.885. The summed E-state index contributed by atoms with van der Waals surface area (Å²) in [5, 5.41) is 13.2. The zero-order valence-electron chi connectivity index (χ0n) is 11.9. The van der Waals surface area contributed by atoms with E-state index in [1.54, 1.807) is 12.1 Å². The molecule has 0 aromatic heterocycles. The van der Waals surface area contributed by atoms with Gasteiger partial charge in [-0.15, -0.1) is 0 Å². The Labute approximate surface area is 120 Å². The summed E-state index contributed by atoms with van der Waals surface area (Å²) in [4.78, 5) is 0. The van der Waals surface area contributed by atoms with E-state index in [1.807, 2.05) is 12.1 Å². The van der Waals surface area contributed by atoms with Gasteiger partial charge in [0.15, 0.2) is 0 Å². The SMILES string of the molecule is OCC1CCCCC1NC1CC(c2ccc(F)cc2)C1. The van der Waals surface area contributed by atoms with Crippen LogP contribution in [-0.4, -0.2) is 23.8 Å². The molecule has 3 rings (SSSR count). The Morgan fingerprint density at radius 2 is 1.80 bits per heavy atom. The summed E-state index contributed by atoms with van der Waals surface area (Å²) < 4.78 is 12.9. The molecule has 2 aliphatic carbocycles. The van der Waals surface area contributed by atoms with E-state index in [0.29, 0.717) is 30.5 Å². The molecule has 0 heterocycles. The van der Waals surface area contributed by atoms with Crippen LogP contribution in [0.5, 0.6) is 0 Å². The second-order valence-electron chi connectivity index (χ2n) is 6.42. The highest BCUT2D eigenvalue weighted by Crippen LogP contribution is 2.38. The van der Waals surface area contributed by atoms with Gasteiger partial charge in [-0.3, -0.25) is 0 Å². The van der Waals surface area contributed by atoms with E-state index in [9.17, 15) is 9.50 Å². The van der Waals surface area contributed by atoms with Crippen molar-refractivity contribution in [3.63, 3.8) is 0 Å². The first-order valence-corrected chi connectivity index (χ1v) is 7.88. The van der Waals surface area contributed by atoms with Crippen molar-refractivity contribution in [1.29, 1.82) is 0 Å². The summed E-state index contributed by atoms with van der Waals surface area (Å²) in [6.07, 6.45) is 7.17. The van der Waals surface area contributed by atoms with Crippen molar-refractivity contribution in [2.45, 2.75) is 56.5 Å². The fourth-order valence-electron chi connectivity index (χ4n) is 3.71. The number of aliphatic hydroxyl groups excluding tert-OH is 1. The largest absolute Gasteiger partial charge is 0.396 e. The maximum atomic E-state index is 12.9.